The van der Waals surface area contributed by atoms with Crippen LogP contribution in [0.2, 0.25) is 0 Å². The molecule has 2 N–H and O–H groups in total. The average molecular weight is 319 g/mol. The highest BCUT2D eigenvalue weighted by molar-refractivity contribution is 5.74. The number of rotatable bonds is 4. The zero-order valence-electron chi connectivity index (χ0n) is 10.9. The average Bonchev–Trinajstić information content (AvgIpc) is 2.40. The molecule has 2 aromatic carbocycles. The second kappa shape index (κ2) is 6.08. The Balaban J connectivity index is 2.44. The molecule has 2 rings (SSSR count). The van der Waals surface area contributed by atoms with Crippen LogP contribution in [0.15, 0.2) is 42.5 Å². The lowest BCUT2D eigenvalue weighted by molar-refractivity contribution is -0.274. The van der Waals surface area contributed by atoms with Gasteiger partial charge in [0.1, 0.15) is 11.5 Å². The van der Waals surface area contributed by atoms with E-state index in [0.717, 1.165) is 12.1 Å². The smallest absolute Gasteiger partial charge is 0.433 e. The standard InChI is InChI=1S/C14H10F5NO2/c15-13(16)21-12-7-8(5-6-10(12)20)9-3-1-2-4-11(9)22-14(17,18)19/h1-7,13H,20H2. The van der Waals surface area contributed by atoms with Gasteiger partial charge < -0.3 is 15.2 Å². The molecular formula is C14H10F5NO2. The van der Waals surface area contributed by atoms with Crippen molar-refractivity contribution in [1.29, 1.82) is 0 Å². The number of halogens is 5. The molecule has 0 aromatic heterocycles. The van der Waals surface area contributed by atoms with Crippen molar-refractivity contribution in [2.75, 3.05) is 5.73 Å². The van der Waals surface area contributed by atoms with Gasteiger partial charge in [-0.05, 0) is 23.8 Å². The molecule has 8 heteroatoms. The summed E-state index contributed by atoms with van der Waals surface area (Å²) in [4.78, 5) is 0. The maximum atomic E-state index is 12.4. The van der Waals surface area contributed by atoms with Crippen molar-refractivity contribution in [2.24, 2.45) is 0 Å². The van der Waals surface area contributed by atoms with E-state index in [9.17, 15) is 22.0 Å². The minimum absolute atomic E-state index is 0.0572. The van der Waals surface area contributed by atoms with E-state index < -0.39 is 18.7 Å². The molecule has 0 aliphatic rings. The summed E-state index contributed by atoms with van der Waals surface area (Å²) in [6, 6.07) is 9.09. The van der Waals surface area contributed by atoms with Crippen molar-refractivity contribution >= 4 is 5.69 Å². The van der Waals surface area contributed by atoms with Crippen LogP contribution in [0.3, 0.4) is 0 Å². The monoisotopic (exact) mass is 319 g/mol. The number of nitrogen functional groups attached to an aromatic ring is 1. The van der Waals surface area contributed by atoms with E-state index in [2.05, 4.69) is 9.47 Å². The first kappa shape index (κ1) is 15.9. The fourth-order valence-corrected chi connectivity index (χ4v) is 1.82. The molecule has 2 aromatic rings. The Hall–Kier alpha value is -2.51. The van der Waals surface area contributed by atoms with Crippen LogP contribution in [0.5, 0.6) is 11.5 Å². The van der Waals surface area contributed by atoms with E-state index in [1.54, 1.807) is 0 Å². The summed E-state index contributed by atoms with van der Waals surface area (Å²) in [6.45, 7) is -3.10. The third kappa shape index (κ3) is 4.00. The molecule has 0 unspecified atom stereocenters. The van der Waals surface area contributed by atoms with Crippen molar-refractivity contribution in [3.63, 3.8) is 0 Å². The number of benzene rings is 2. The third-order valence-electron chi connectivity index (χ3n) is 2.65. The first-order chi connectivity index (χ1) is 10.3. The van der Waals surface area contributed by atoms with Crippen LogP contribution in [0.4, 0.5) is 27.6 Å². The highest BCUT2D eigenvalue weighted by Crippen LogP contribution is 2.36. The first-order valence-corrected chi connectivity index (χ1v) is 5.96. The fourth-order valence-electron chi connectivity index (χ4n) is 1.82. The Morgan fingerprint density at radius 3 is 2.27 bits per heavy atom. The lowest BCUT2D eigenvalue weighted by Crippen LogP contribution is -2.17. The largest absolute Gasteiger partial charge is 0.573 e. The van der Waals surface area contributed by atoms with Crippen molar-refractivity contribution in [3.05, 3.63) is 42.5 Å². The van der Waals surface area contributed by atoms with E-state index in [4.69, 9.17) is 5.73 Å². The van der Waals surface area contributed by atoms with Gasteiger partial charge in [-0.2, -0.15) is 8.78 Å². The van der Waals surface area contributed by atoms with Gasteiger partial charge in [-0.25, -0.2) is 0 Å². The second-order valence-corrected chi connectivity index (χ2v) is 4.18. The molecule has 0 radical (unpaired) electrons. The zero-order chi connectivity index (χ0) is 16.3. The van der Waals surface area contributed by atoms with Crippen LogP contribution in [0.25, 0.3) is 11.1 Å². The summed E-state index contributed by atoms with van der Waals surface area (Å²) in [5, 5.41) is 0. The molecule has 0 atom stereocenters. The summed E-state index contributed by atoms with van der Waals surface area (Å²) in [7, 11) is 0. The number of para-hydroxylation sites is 1. The Labute approximate surface area is 122 Å². The summed E-state index contributed by atoms with van der Waals surface area (Å²) in [5.74, 6) is -0.780. The van der Waals surface area contributed by atoms with Crippen LogP contribution in [-0.2, 0) is 0 Å². The van der Waals surface area contributed by atoms with Crippen LogP contribution in [-0.4, -0.2) is 13.0 Å². The van der Waals surface area contributed by atoms with Crippen molar-refractivity contribution in [1.82, 2.24) is 0 Å². The lowest BCUT2D eigenvalue weighted by Gasteiger charge is -2.14. The van der Waals surface area contributed by atoms with E-state index in [1.807, 2.05) is 0 Å². The maximum Gasteiger partial charge on any atom is 0.573 e. The quantitative estimate of drug-likeness (QED) is 0.669. The number of anilines is 1. The number of alkyl halides is 5. The molecule has 22 heavy (non-hydrogen) atoms. The number of nitrogens with two attached hydrogens (primary N) is 1. The first-order valence-electron chi connectivity index (χ1n) is 5.96. The predicted octanol–water partition coefficient (Wildman–Crippen LogP) is 4.44. The molecule has 0 amide bonds. The van der Waals surface area contributed by atoms with Crippen LogP contribution in [0, 0.1) is 0 Å². The topological polar surface area (TPSA) is 44.5 Å². The summed E-state index contributed by atoms with van der Waals surface area (Å²) in [5.41, 5.74) is 5.70. The van der Waals surface area contributed by atoms with Crippen molar-refractivity contribution in [2.45, 2.75) is 13.0 Å². The molecule has 0 saturated heterocycles. The maximum absolute atomic E-state index is 12.4. The fraction of sp³-hybridized carbons (Fsp3) is 0.143. The van der Waals surface area contributed by atoms with Crippen LogP contribution < -0.4 is 15.2 Å². The van der Waals surface area contributed by atoms with Crippen LogP contribution in [0.1, 0.15) is 0 Å². The molecule has 3 nitrogen and oxygen atoms in total. The Morgan fingerprint density at radius 1 is 0.955 bits per heavy atom. The normalized spacial score (nSPS) is 11.5. The predicted molar refractivity (Wildman–Crippen MR) is 69.6 cm³/mol. The third-order valence-corrected chi connectivity index (χ3v) is 2.65. The second-order valence-electron chi connectivity index (χ2n) is 4.18. The Morgan fingerprint density at radius 2 is 1.64 bits per heavy atom. The Bertz CT molecular complexity index is 658. The minimum Gasteiger partial charge on any atom is -0.433 e. The van der Waals surface area contributed by atoms with Gasteiger partial charge in [0, 0.05) is 5.56 Å². The molecule has 118 valence electrons. The summed E-state index contributed by atoms with van der Waals surface area (Å²) in [6.07, 6.45) is -4.87. The molecule has 0 aliphatic heterocycles. The molecule has 0 heterocycles. The van der Waals surface area contributed by atoms with E-state index >= 15 is 0 Å². The van der Waals surface area contributed by atoms with Crippen LogP contribution >= 0.6 is 0 Å². The summed E-state index contributed by atoms with van der Waals surface area (Å²) >= 11 is 0. The van der Waals surface area contributed by atoms with Crippen molar-refractivity contribution in [3.8, 4) is 22.6 Å². The van der Waals surface area contributed by atoms with Gasteiger partial charge >= 0.3 is 13.0 Å². The van der Waals surface area contributed by atoms with Gasteiger partial charge in [0.05, 0.1) is 5.69 Å². The number of ether oxygens (including phenoxy) is 2. The lowest BCUT2D eigenvalue weighted by atomic mass is 10.0. The highest BCUT2D eigenvalue weighted by Gasteiger charge is 2.32. The molecule has 0 bridgehead atoms. The SMILES string of the molecule is Nc1ccc(-c2ccccc2OC(F)(F)F)cc1OC(F)F. The van der Waals surface area contributed by atoms with E-state index in [-0.39, 0.29) is 22.6 Å². The van der Waals surface area contributed by atoms with E-state index in [1.165, 1.54) is 30.3 Å². The van der Waals surface area contributed by atoms with E-state index in [0.29, 0.717) is 0 Å². The molecule has 0 spiro atoms. The Kier molecular flexibility index (Phi) is 4.39. The molecule has 0 saturated carbocycles. The summed E-state index contributed by atoms with van der Waals surface area (Å²) < 4.78 is 69.9. The number of hydrogen-bond donors (Lipinski definition) is 1. The molecule has 0 aliphatic carbocycles. The highest BCUT2D eigenvalue weighted by atomic mass is 19.4. The van der Waals surface area contributed by atoms with Crippen molar-refractivity contribution < 1.29 is 31.4 Å². The minimum atomic E-state index is -4.87. The molecule has 0 fully saturated rings. The van der Waals surface area contributed by atoms with Gasteiger partial charge in [-0.1, -0.05) is 24.3 Å². The zero-order valence-corrected chi connectivity index (χ0v) is 10.9. The van der Waals surface area contributed by atoms with Gasteiger partial charge in [0.2, 0.25) is 0 Å². The van der Waals surface area contributed by atoms with Gasteiger partial charge in [0.25, 0.3) is 0 Å². The number of hydrogen-bond acceptors (Lipinski definition) is 3. The van der Waals surface area contributed by atoms with Gasteiger partial charge in [-0.15, -0.1) is 13.2 Å². The van der Waals surface area contributed by atoms with Gasteiger partial charge in [0.15, 0.2) is 0 Å². The molecular weight excluding hydrogens is 309 g/mol. The van der Waals surface area contributed by atoms with Gasteiger partial charge in [-0.3, -0.25) is 0 Å².